The average Bonchev–Trinajstić information content (AvgIpc) is 2.49. The first kappa shape index (κ1) is 16.4. The molecule has 0 aliphatic carbocycles. The SMILES string of the molecule is CN(Cc1ccccc1)S(=O)(=O)N1CCCCC1CCN. The number of hydrogen-bond donors (Lipinski definition) is 1. The summed E-state index contributed by atoms with van der Waals surface area (Å²) in [7, 11) is -1.77. The fourth-order valence-electron chi connectivity index (χ4n) is 2.86. The lowest BCUT2D eigenvalue weighted by atomic mass is 10.0. The van der Waals surface area contributed by atoms with Crippen LogP contribution in [0.15, 0.2) is 30.3 Å². The topological polar surface area (TPSA) is 66.6 Å². The second-order valence-electron chi connectivity index (χ2n) is 5.59. The summed E-state index contributed by atoms with van der Waals surface area (Å²) in [4.78, 5) is 0. The number of rotatable bonds is 6. The van der Waals surface area contributed by atoms with Gasteiger partial charge in [0.2, 0.25) is 0 Å². The van der Waals surface area contributed by atoms with E-state index in [1.807, 2.05) is 30.3 Å². The van der Waals surface area contributed by atoms with Crippen LogP contribution in [0.5, 0.6) is 0 Å². The van der Waals surface area contributed by atoms with Gasteiger partial charge >= 0.3 is 0 Å². The molecule has 1 fully saturated rings. The quantitative estimate of drug-likeness (QED) is 0.867. The van der Waals surface area contributed by atoms with Gasteiger partial charge in [0, 0.05) is 26.2 Å². The van der Waals surface area contributed by atoms with Gasteiger partial charge in [-0.25, -0.2) is 0 Å². The fourth-order valence-corrected chi connectivity index (χ4v) is 4.48. The smallest absolute Gasteiger partial charge is 0.282 e. The predicted molar refractivity (Wildman–Crippen MR) is 84.8 cm³/mol. The molecule has 118 valence electrons. The molecule has 0 spiro atoms. The van der Waals surface area contributed by atoms with Crippen molar-refractivity contribution in [2.24, 2.45) is 5.73 Å². The maximum absolute atomic E-state index is 12.8. The first-order valence-electron chi connectivity index (χ1n) is 7.53. The number of piperidine rings is 1. The highest BCUT2D eigenvalue weighted by Gasteiger charge is 2.34. The van der Waals surface area contributed by atoms with Crippen LogP contribution in [0.1, 0.15) is 31.2 Å². The Hall–Kier alpha value is -0.950. The molecule has 1 saturated heterocycles. The summed E-state index contributed by atoms with van der Waals surface area (Å²) in [6.45, 7) is 1.53. The minimum Gasteiger partial charge on any atom is -0.330 e. The first-order valence-corrected chi connectivity index (χ1v) is 8.92. The van der Waals surface area contributed by atoms with Crippen molar-refractivity contribution < 1.29 is 8.42 Å². The van der Waals surface area contributed by atoms with E-state index in [1.54, 1.807) is 11.4 Å². The van der Waals surface area contributed by atoms with Crippen LogP contribution in [0.3, 0.4) is 0 Å². The molecule has 1 aliphatic heterocycles. The lowest BCUT2D eigenvalue weighted by molar-refractivity contribution is 0.227. The van der Waals surface area contributed by atoms with Crippen molar-refractivity contribution in [1.29, 1.82) is 0 Å². The summed E-state index contributed by atoms with van der Waals surface area (Å²) >= 11 is 0. The second-order valence-corrected chi connectivity index (χ2v) is 7.58. The summed E-state index contributed by atoms with van der Waals surface area (Å²) in [5.41, 5.74) is 6.63. The number of nitrogens with two attached hydrogens (primary N) is 1. The zero-order valence-electron chi connectivity index (χ0n) is 12.6. The monoisotopic (exact) mass is 311 g/mol. The molecule has 21 heavy (non-hydrogen) atoms. The van der Waals surface area contributed by atoms with E-state index in [0.29, 0.717) is 19.6 Å². The normalized spacial score (nSPS) is 20.8. The van der Waals surface area contributed by atoms with Gasteiger partial charge in [0.1, 0.15) is 0 Å². The molecule has 1 atom stereocenters. The first-order chi connectivity index (χ1) is 10.1. The van der Waals surface area contributed by atoms with E-state index in [-0.39, 0.29) is 6.04 Å². The Morgan fingerprint density at radius 3 is 2.67 bits per heavy atom. The molecule has 1 unspecified atom stereocenters. The summed E-state index contributed by atoms with van der Waals surface area (Å²) in [5, 5.41) is 0. The molecule has 0 bridgehead atoms. The number of nitrogens with zero attached hydrogens (tertiary/aromatic N) is 2. The maximum Gasteiger partial charge on any atom is 0.282 e. The molecule has 0 amide bonds. The van der Waals surface area contributed by atoms with Crippen molar-refractivity contribution in [3.63, 3.8) is 0 Å². The maximum atomic E-state index is 12.8. The van der Waals surface area contributed by atoms with Crippen LogP contribution in [0, 0.1) is 0 Å². The molecule has 1 aromatic carbocycles. The highest BCUT2D eigenvalue weighted by atomic mass is 32.2. The molecular formula is C15H25N3O2S. The largest absolute Gasteiger partial charge is 0.330 e. The summed E-state index contributed by atoms with van der Waals surface area (Å²) in [6.07, 6.45) is 3.66. The van der Waals surface area contributed by atoms with Crippen LogP contribution in [0.4, 0.5) is 0 Å². The zero-order valence-corrected chi connectivity index (χ0v) is 13.4. The Morgan fingerprint density at radius 2 is 2.00 bits per heavy atom. The van der Waals surface area contributed by atoms with Gasteiger partial charge in [-0.1, -0.05) is 36.8 Å². The standard InChI is InChI=1S/C15H25N3O2S/c1-17(13-14-7-3-2-4-8-14)21(19,20)18-12-6-5-9-15(18)10-11-16/h2-4,7-8,15H,5-6,9-13,16H2,1H3. The van der Waals surface area contributed by atoms with Crippen molar-refractivity contribution in [2.75, 3.05) is 20.1 Å². The van der Waals surface area contributed by atoms with Gasteiger partial charge in [-0.05, 0) is 31.4 Å². The van der Waals surface area contributed by atoms with Crippen LogP contribution < -0.4 is 5.73 Å². The minimum absolute atomic E-state index is 0.0481. The molecular weight excluding hydrogens is 286 g/mol. The molecule has 1 heterocycles. The molecule has 6 heteroatoms. The van der Waals surface area contributed by atoms with Crippen molar-refractivity contribution in [1.82, 2.24) is 8.61 Å². The molecule has 2 N–H and O–H groups in total. The van der Waals surface area contributed by atoms with E-state index in [4.69, 9.17) is 5.73 Å². The molecule has 2 rings (SSSR count). The Kier molecular flexibility index (Phi) is 5.75. The Bertz CT molecular complexity index is 531. The van der Waals surface area contributed by atoms with Gasteiger partial charge in [0.25, 0.3) is 10.2 Å². The van der Waals surface area contributed by atoms with E-state index in [0.717, 1.165) is 31.2 Å². The zero-order chi connectivity index (χ0) is 15.3. The Morgan fingerprint density at radius 1 is 1.29 bits per heavy atom. The third kappa shape index (κ3) is 4.03. The van der Waals surface area contributed by atoms with Gasteiger partial charge in [0.05, 0.1) is 0 Å². The van der Waals surface area contributed by atoms with Crippen LogP contribution >= 0.6 is 0 Å². The van der Waals surface area contributed by atoms with Crippen molar-refractivity contribution in [3.8, 4) is 0 Å². The van der Waals surface area contributed by atoms with Gasteiger partial charge in [-0.2, -0.15) is 17.0 Å². The lowest BCUT2D eigenvalue weighted by Gasteiger charge is -2.37. The average molecular weight is 311 g/mol. The minimum atomic E-state index is -3.42. The van der Waals surface area contributed by atoms with Crippen LogP contribution in [-0.2, 0) is 16.8 Å². The summed E-state index contributed by atoms with van der Waals surface area (Å²) in [6, 6.07) is 9.72. The van der Waals surface area contributed by atoms with Crippen molar-refractivity contribution in [2.45, 2.75) is 38.3 Å². The van der Waals surface area contributed by atoms with Crippen LogP contribution in [-0.4, -0.2) is 43.2 Å². The van der Waals surface area contributed by atoms with E-state index in [2.05, 4.69) is 0 Å². The van der Waals surface area contributed by atoms with Gasteiger partial charge < -0.3 is 5.73 Å². The van der Waals surface area contributed by atoms with E-state index in [1.165, 1.54) is 4.31 Å². The summed E-state index contributed by atoms with van der Waals surface area (Å²) in [5.74, 6) is 0. The van der Waals surface area contributed by atoms with Gasteiger partial charge in [-0.15, -0.1) is 0 Å². The second kappa shape index (κ2) is 7.35. The third-order valence-corrected chi connectivity index (χ3v) is 6.00. The van der Waals surface area contributed by atoms with Gasteiger partial charge in [0.15, 0.2) is 0 Å². The highest BCUT2D eigenvalue weighted by Crippen LogP contribution is 2.24. The lowest BCUT2D eigenvalue weighted by Crippen LogP contribution is -2.49. The Labute approximate surface area is 127 Å². The van der Waals surface area contributed by atoms with Crippen molar-refractivity contribution >= 4 is 10.2 Å². The molecule has 0 saturated carbocycles. The molecule has 0 radical (unpaired) electrons. The number of hydrogen-bond acceptors (Lipinski definition) is 3. The van der Waals surface area contributed by atoms with E-state index < -0.39 is 10.2 Å². The predicted octanol–water partition coefficient (Wildman–Crippen LogP) is 1.57. The number of benzene rings is 1. The highest BCUT2D eigenvalue weighted by molar-refractivity contribution is 7.86. The Balaban J connectivity index is 2.11. The third-order valence-electron chi connectivity index (χ3n) is 4.01. The van der Waals surface area contributed by atoms with E-state index >= 15 is 0 Å². The van der Waals surface area contributed by atoms with Crippen LogP contribution in [0.2, 0.25) is 0 Å². The fraction of sp³-hybridized carbons (Fsp3) is 0.600. The van der Waals surface area contributed by atoms with E-state index in [9.17, 15) is 8.42 Å². The molecule has 1 aromatic rings. The molecule has 0 aromatic heterocycles. The molecule has 5 nitrogen and oxygen atoms in total. The summed E-state index contributed by atoms with van der Waals surface area (Å²) < 4.78 is 28.7. The molecule has 1 aliphatic rings. The van der Waals surface area contributed by atoms with Gasteiger partial charge in [-0.3, -0.25) is 0 Å². The van der Waals surface area contributed by atoms with Crippen molar-refractivity contribution in [3.05, 3.63) is 35.9 Å². The van der Waals surface area contributed by atoms with Crippen LogP contribution in [0.25, 0.3) is 0 Å².